The van der Waals surface area contributed by atoms with Gasteiger partial charge in [0.25, 0.3) is 0 Å². The molecule has 10 aromatic carbocycles. The van der Waals surface area contributed by atoms with Crippen molar-refractivity contribution in [3.63, 3.8) is 0 Å². The molecule has 13 aromatic rings. The van der Waals surface area contributed by atoms with Gasteiger partial charge in [-0.15, -0.1) is 48.1 Å². The van der Waals surface area contributed by atoms with Crippen molar-refractivity contribution in [1.82, 2.24) is 9.38 Å². The molecule has 0 atom stereocenters. The standard InChI is InChI=1S/C69H47N4O.Pt/c1-45(2)48-23-13-24-49(41-48)53-29-15-32-59-61-34-17-33-60-57-39-38-52(43-65(57)73(68(60)61)69-62(35-18-40-70-69)56-27-9-10-28-58(56)66(53)59)74-51-26-14-25-50(42-51)71-44-72(64-37-12-11-36-63(64)71)67-54(46-19-5-3-6-20-46)30-16-31-55(67)47-21-7-4-8-22-47;/h3-41,44-45H,1-2H3;/q-3;. The normalized spacial score (nSPS) is 12.3. The summed E-state index contributed by atoms with van der Waals surface area (Å²) in [5.41, 5.74) is 15.1. The third-order valence-corrected chi connectivity index (χ3v) is 14.7. The first kappa shape index (κ1) is 46.1. The van der Waals surface area contributed by atoms with Crippen LogP contribution in [0.15, 0.2) is 237 Å². The van der Waals surface area contributed by atoms with Crippen LogP contribution in [0.1, 0.15) is 25.3 Å². The Balaban J connectivity index is 0.00000541. The zero-order chi connectivity index (χ0) is 49.3. The van der Waals surface area contributed by atoms with Gasteiger partial charge >= 0.3 is 0 Å². The van der Waals surface area contributed by atoms with E-state index < -0.39 is 0 Å². The van der Waals surface area contributed by atoms with Crippen molar-refractivity contribution in [1.29, 1.82) is 0 Å². The van der Waals surface area contributed by atoms with Crippen molar-refractivity contribution in [3.05, 3.63) is 261 Å². The second-order valence-electron chi connectivity index (χ2n) is 19.3. The molecule has 362 valence electrons. The number of hydrogen-bond acceptors (Lipinski definition) is 4. The van der Waals surface area contributed by atoms with Crippen molar-refractivity contribution in [3.8, 4) is 44.9 Å². The minimum absolute atomic E-state index is 0. The van der Waals surface area contributed by atoms with Crippen LogP contribution in [0, 0.1) is 18.8 Å². The first-order valence-electron chi connectivity index (χ1n) is 25.3. The van der Waals surface area contributed by atoms with E-state index in [0.717, 1.165) is 99.4 Å². The molecule has 0 aliphatic carbocycles. The van der Waals surface area contributed by atoms with Gasteiger partial charge in [0.1, 0.15) is 5.65 Å². The van der Waals surface area contributed by atoms with Gasteiger partial charge in [-0.3, -0.25) is 0 Å². The van der Waals surface area contributed by atoms with E-state index in [1.807, 2.05) is 30.5 Å². The maximum Gasteiger partial charge on any atom is 0.143 e. The van der Waals surface area contributed by atoms with E-state index in [-0.39, 0.29) is 21.1 Å². The number of benzene rings is 10. The van der Waals surface area contributed by atoms with E-state index >= 15 is 0 Å². The first-order chi connectivity index (χ1) is 36.6. The van der Waals surface area contributed by atoms with E-state index in [2.05, 4.69) is 253 Å². The van der Waals surface area contributed by atoms with Gasteiger partial charge in [-0.1, -0.05) is 195 Å². The van der Waals surface area contributed by atoms with E-state index in [9.17, 15) is 0 Å². The summed E-state index contributed by atoms with van der Waals surface area (Å²) in [6, 6.07) is 89.6. The number of rotatable bonds is 8. The molecule has 0 saturated carbocycles. The SMILES string of the molecule is CC(C)c1cccc(-c2cccc3c4cccc5c6ccc(Oc7[c-]c(N8[CH-]N(c9c(-c%10ccccc%10)cccc9-c9ccccc9)c9ccccc98)ccc7)[c-]c6n(c6ncccc6c6ccccc6c23)c45)c1.[Pt]. The van der Waals surface area contributed by atoms with Crippen LogP contribution in [-0.2, 0) is 21.1 Å². The molecule has 0 amide bonds. The third-order valence-electron chi connectivity index (χ3n) is 14.7. The number of ether oxygens (including phenoxy) is 1. The Kier molecular flexibility index (Phi) is 11.6. The molecule has 1 aliphatic heterocycles. The van der Waals surface area contributed by atoms with E-state index in [1.54, 1.807) is 0 Å². The third kappa shape index (κ3) is 7.77. The van der Waals surface area contributed by atoms with Gasteiger partial charge in [0.2, 0.25) is 0 Å². The fourth-order valence-electron chi connectivity index (χ4n) is 11.3. The summed E-state index contributed by atoms with van der Waals surface area (Å²) in [4.78, 5) is 9.75. The molecule has 1 aliphatic rings. The maximum absolute atomic E-state index is 6.86. The average Bonchev–Trinajstić information content (AvgIpc) is 4.03. The molecule has 0 N–H and O–H groups in total. The predicted octanol–water partition coefficient (Wildman–Crippen LogP) is 18.6. The molecule has 0 bridgehead atoms. The van der Waals surface area contributed by atoms with Gasteiger partial charge in [-0.05, 0) is 84.9 Å². The number of fused-ring (bicyclic) bond motifs is 11. The van der Waals surface area contributed by atoms with Crippen LogP contribution < -0.4 is 14.5 Å². The van der Waals surface area contributed by atoms with Crippen molar-refractivity contribution >= 4 is 82.5 Å². The summed E-state index contributed by atoms with van der Waals surface area (Å²) >= 11 is 0. The topological polar surface area (TPSA) is 33.0 Å². The van der Waals surface area contributed by atoms with Crippen LogP contribution >= 0.6 is 0 Å². The molecule has 0 unspecified atom stereocenters. The monoisotopic (exact) mass is 1140 g/mol. The van der Waals surface area contributed by atoms with Crippen molar-refractivity contribution < 1.29 is 25.8 Å². The second-order valence-corrected chi connectivity index (χ2v) is 19.3. The van der Waals surface area contributed by atoms with Crippen molar-refractivity contribution in [2.75, 3.05) is 9.80 Å². The van der Waals surface area contributed by atoms with E-state index in [4.69, 9.17) is 9.72 Å². The van der Waals surface area contributed by atoms with E-state index in [0.29, 0.717) is 17.4 Å². The van der Waals surface area contributed by atoms with Gasteiger partial charge in [-0.25, -0.2) is 4.98 Å². The molecular formula is C69H47N4OPt-3. The van der Waals surface area contributed by atoms with Gasteiger partial charge in [0, 0.05) is 83.2 Å². The molecule has 0 radical (unpaired) electrons. The van der Waals surface area contributed by atoms with Gasteiger partial charge in [0.15, 0.2) is 0 Å². The van der Waals surface area contributed by atoms with Crippen molar-refractivity contribution in [2.24, 2.45) is 0 Å². The molecule has 5 nitrogen and oxygen atoms in total. The smallest absolute Gasteiger partial charge is 0.143 e. The first-order valence-corrected chi connectivity index (χ1v) is 25.3. The Labute approximate surface area is 450 Å². The zero-order valence-corrected chi connectivity index (χ0v) is 43.5. The Morgan fingerprint density at radius 2 is 1.01 bits per heavy atom. The molecule has 0 spiro atoms. The Bertz CT molecular complexity index is 4320. The van der Waals surface area contributed by atoms with Crippen LogP contribution in [0.4, 0.5) is 22.7 Å². The Morgan fingerprint density at radius 3 is 1.77 bits per heavy atom. The predicted molar refractivity (Wildman–Crippen MR) is 308 cm³/mol. The fourth-order valence-corrected chi connectivity index (χ4v) is 11.3. The summed E-state index contributed by atoms with van der Waals surface area (Å²) < 4.78 is 9.16. The van der Waals surface area contributed by atoms with Gasteiger partial charge < -0.3 is 18.9 Å². The van der Waals surface area contributed by atoms with Crippen LogP contribution in [0.3, 0.4) is 0 Å². The summed E-state index contributed by atoms with van der Waals surface area (Å²) in [7, 11) is 0. The minimum Gasteiger partial charge on any atom is -0.509 e. The molecule has 0 fully saturated rings. The molecule has 75 heavy (non-hydrogen) atoms. The molecule has 6 heteroatoms. The Morgan fingerprint density at radius 1 is 0.453 bits per heavy atom. The van der Waals surface area contributed by atoms with Crippen LogP contribution in [-0.4, -0.2) is 9.38 Å². The number of hydrogen-bond donors (Lipinski definition) is 0. The Hall–Kier alpha value is -8.76. The van der Waals surface area contributed by atoms with Crippen LogP contribution in [0.25, 0.3) is 93.2 Å². The van der Waals surface area contributed by atoms with Crippen LogP contribution in [0.2, 0.25) is 0 Å². The second kappa shape index (κ2) is 18.9. The molecule has 4 heterocycles. The summed E-state index contributed by atoms with van der Waals surface area (Å²) in [6.45, 7) is 6.70. The molecular weight excluding hydrogens is 1100 g/mol. The van der Waals surface area contributed by atoms with Gasteiger partial charge in [-0.2, -0.15) is 12.1 Å². The number of aromatic nitrogens is 2. The molecule has 14 rings (SSSR count). The quantitative estimate of drug-likeness (QED) is 0.142. The average molecular weight is 1140 g/mol. The fraction of sp³-hybridized carbons (Fsp3) is 0.0435. The zero-order valence-electron chi connectivity index (χ0n) is 41.2. The van der Waals surface area contributed by atoms with Crippen molar-refractivity contribution in [2.45, 2.75) is 19.8 Å². The summed E-state index contributed by atoms with van der Waals surface area (Å²) in [5, 5.41) is 8.98. The van der Waals surface area contributed by atoms with Crippen LogP contribution in [0.5, 0.6) is 11.5 Å². The summed E-state index contributed by atoms with van der Waals surface area (Å²) in [5.74, 6) is 1.56. The number of pyridine rings is 1. The molecule has 0 saturated heterocycles. The number of nitrogens with zero attached hydrogens (tertiary/aromatic N) is 4. The summed E-state index contributed by atoms with van der Waals surface area (Å²) in [6.07, 6.45) is 1.90. The maximum atomic E-state index is 6.86. The molecule has 3 aromatic heterocycles. The van der Waals surface area contributed by atoms with E-state index in [1.165, 1.54) is 22.1 Å². The number of para-hydroxylation sites is 4. The number of anilines is 4. The largest absolute Gasteiger partial charge is 0.509 e. The minimum atomic E-state index is 0. The van der Waals surface area contributed by atoms with Gasteiger partial charge in [0.05, 0.1) is 0 Å².